The molecule has 4 aliphatic rings. The number of aromatic nitrogens is 4. The molecule has 5 unspecified atom stereocenters. The van der Waals surface area contributed by atoms with Gasteiger partial charge < -0.3 is 18.3 Å². The Bertz CT molecular complexity index is 3540. The molecule has 14 rings (SSSR count). The van der Waals surface area contributed by atoms with Crippen molar-refractivity contribution in [2.45, 2.75) is 63.1 Å². The first kappa shape index (κ1) is 36.4. The lowest BCUT2D eigenvalue weighted by Crippen LogP contribution is -2.24. The monoisotopic (exact) mass is 826 g/mol. The predicted octanol–water partition coefficient (Wildman–Crippen LogP) is 15.3. The van der Waals surface area contributed by atoms with Gasteiger partial charge in [-0.3, -0.25) is 0 Å². The van der Waals surface area contributed by atoms with Crippen molar-refractivity contribution < 1.29 is 0 Å². The van der Waals surface area contributed by atoms with Crippen molar-refractivity contribution in [2.75, 3.05) is 0 Å². The van der Waals surface area contributed by atoms with Crippen LogP contribution in [-0.4, -0.2) is 18.3 Å². The average molecular weight is 827 g/mol. The number of benzene rings is 6. The second-order valence-electron chi connectivity index (χ2n) is 18.9. The van der Waals surface area contributed by atoms with Crippen LogP contribution in [0.3, 0.4) is 0 Å². The zero-order chi connectivity index (χ0) is 41.9. The van der Waals surface area contributed by atoms with Crippen molar-refractivity contribution in [3.05, 3.63) is 198 Å². The van der Waals surface area contributed by atoms with Crippen molar-refractivity contribution in [3.63, 3.8) is 0 Å². The van der Waals surface area contributed by atoms with Crippen LogP contribution >= 0.6 is 0 Å². The van der Waals surface area contributed by atoms with Crippen LogP contribution in [0.5, 0.6) is 0 Å². The number of hydrogen-bond donors (Lipinski definition) is 0. The van der Waals surface area contributed by atoms with Gasteiger partial charge in [0.1, 0.15) is 0 Å². The number of rotatable bonds is 5. The Kier molecular flexibility index (Phi) is 8.11. The molecule has 4 aliphatic carbocycles. The third-order valence-corrected chi connectivity index (χ3v) is 15.7. The molecule has 6 aromatic carbocycles. The maximum absolute atomic E-state index is 2.76. The minimum absolute atomic E-state index is 0.270. The van der Waals surface area contributed by atoms with Crippen molar-refractivity contribution in [1.82, 2.24) is 18.3 Å². The fourth-order valence-electron chi connectivity index (χ4n) is 12.8. The molecule has 0 saturated carbocycles. The highest BCUT2D eigenvalue weighted by atomic mass is 15.1. The molecule has 0 radical (unpaired) electrons. The Morgan fingerprint density at radius 3 is 1.47 bits per heavy atom. The van der Waals surface area contributed by atoms with E-state index in [4.69, 9.17) is 0 Å². The topological polar surface area (TPSA) is 19.7 Å². The van der Waals surface area contributed by atoms with Crippen molar-refractivity contribution in [1.29, 1.82) is 0 Å². The Labute approximate surface area is 373 Å². The van der Waals surface area contributed by atoms with E-state index in [1.807, 2.05) is 0 Å². The molecule has 10 aromatic rings. The maximum atomic E-state index is 2.76. The second kappa shape index (κ2) is 14.2. The van der Waals surface area contributed by atoms with Gasteiger partial charge >= 0.3 is 0 Å². The Balaban J connectivity index is 0.777. The third-order valence-electron chi connectivity index (χ3n) is 15.7. The van der Waals surface area contributed by atoms with Gasteiger partial charge in [0.05, 0.1) is 34.7 Å². The first-order valence-corrected chi connectivity index (χ1v) is 23.7. The van der Waals surface area contributed by atoms with Crippen molar-refractivity contribution in [3.8, 4) is 5.69 Å². The lowest BCUT2D eigenvalue weighted by Gasteiger charge is -2.34. The summed E-state index contributed by atoms with van der Waals surface area (Å²) < 4.78 is 10.5. The molecule has 0 saturated heterocycles. The van der Waals surface area contributed by atoms with E-state index >= 15 is 0 Å². The number of fused-ring (bicyclic) bond motifs is 12. The van der Waals surface area contributed by atoms with Crippen LogP contribution in [0.2, 0.25) is 0 Å². The third kappa shape index (κ3) is 5.35. The van der Waals surface area contributed by atoms with Crippen LogP contribution in [0.25, 0.3) is 83.3 Å². The highest BCUT2D eigenvalue weighted by Crippen LogP contribution is 2.45. The molecular formula is C60H50N4. The Morgan fingerprint density at radius 1 is 0.406 bits per heavy atom. The minimum Gasteiger partial charge on any atom is -0.337 e. The second-order valence-corrected chi connectivity index (χ2v) is 18.9. The predicted molar refractivity (Wildman–Crippen MR) is 269 cm³/mol. The van der Waals surface area contributed by atoms with Gasteiger partial charge in [-0.25, -0.2) is 0 Å². The minimum atomic E-state index is 0.270. The van der Waals surface area contributed by atoms with Crippen LogP contribution in [0.15, 0.2) is 176 Å². The van der Waals surface area contributed by atoms with E-state index < -0.39 is 0 Å². The van der Waals surface area contributed by atoms with Gasteiger partial charge in [-0.1, -0.05) is 140 Å². The number of para-hydroxylation sites is 5. The van der Waals surface area contributed by atoms with Gasteiger partial charge in [0.2, 0.25) is 0 Å². The maximum Gasteiger partial charge on any atom is 0.0580 e. The molecule has 4 heterocycles. The SMILES string of the molecule is C1=Cc2c(c3c(n2C2C=CC(C4C=CC(n5c6ccccc6c6ccc(-n7c8ccccc8c8ccccc87)cc65)CC4)CC2)CC(n2c4ccccc4c4ccccc42)C=C3)CC1. The molecule has 0 N–H and O–H groups in total. The van der Waals surface area contributed by atoms with Gasteiger partial charge in [0.25, 0.3) is 0 Å². The molecule has 5 atom stereocenters. The molecule has 4 nitrogen and oxygen atoms in total. The highest BCUT2D eigenvalue weighted by molar-refractivity contribution is 6.12. The molecule has 4 heteroatoms. The zero-order valence-corrected chi connectivity index (χ0v) is 36.0. The van der Waals surface area contributed by atoms with Crippen molar-refractivity contribution >= 4 is 77.6 Å². The van der Waals surface area contributed by atoms with Crippen LogP contribution in [0.1, 0.15) is 72.7 Å². The molecule has 64 heavy (non-hydrogen) atoms. The largest absolute Gasteiger partial charge is 0.337 e. The smallest absolute Gasteiger partial charge is 0.0580 e. The fourth-order valence-corrected chi connectivity index (χ4v) is 12.8. The van der Waals surface area contributed by atoms with Gasteiger partial charge in [-0.15, -0.1) is 0 Å². The van der Waals surface area contributed by atoms with E-state index in [1.165, 1.54) is 107 Å². The molecule has 0 spiro atoms. The van der Waals surface area contributed by atoms with E-state index in [0.717, 1.165) is 25.7 Å². The van der Waals surface area contributed by atoms with Crippen LogP contribution in [-0.2, 0) is 12.8 Å². The molecule has 0 amide bonds. The summed E-state index contributed by atoms with van der Waals surface area (Å²) in [5.41, 5.74) is 15.0. The number of nitrogens with zero attached hydrogens (tertiary/aromatic N) is 4. The average Bonchev–Trinajstić information content (AvgIpc) is 4.09. The van der Waals surface area contributed by atoms with E-state index in [1.54, 1.807) is 5.56 Å². The van der Waals surface area contributed by atoms with E-state index in [9.17, 15) is 0 Å². The lowest BCUT2D eigenvalue weighted by atomic mass is 9.77. The van der Waals surface area contributed by atoms with Gasteiger partial charge in [0.15, 0.2) is 0 Å². The van der Waals surface area contributed by atoms with Crippen LogP contribution in [0.4, 0.5) is 0 Å². The quantitative estimate of drug-likeness (QED) is 0.154. The van der Waals surface area contributed by atoms with E-state index in [-0.39, 0.29) is 6.04 Å². The van der Waals surface area contributed by atoms with Crippen molar-refractivity contribution in [2.24, 2.45) is 11.8 Å². The summed E-state index contributed by atoms with van der Waals surface area (Å²) in [6.45, 7) is 0. The molecule has 0 fully saturated rings. The van der Waals surface area contributed by atoms with Gasteiger partial charge in [0, 0.05) is 72.4 Å². The van der Waals surface area contributed by atoms with Crippen LogP contribution < -0.4 is 0 Å². The summed E-state index contributed by atoms with van der Waals surface area (Å²) in [5.74, 6) is 1.13. The zero-order valence-electron chi connectivity index (χ0n) is 36.0. The molecule has 4 aromatic heterocycles. The Hall–Kier alpha value is -7.04. The molecule has 0 bridgehead atoms. The first-order chi connectivity index (χ1) is 31.8. The summed E-state index contributed by atoms with van der Waals surface area (Å²) in [4.78, 5) is 0. The summed E-state index contributed by atoms with van der Waals surface area (Å²) >= 11 is 0. The van der Waals surface area contributed by atoms with E-state index in [0.29, 0.717) is 23.9 Å². The summed E-state index contributed by atoms with van der Waals surface area (Å²) in [7, 11) is 0. The van der Waals surface area contributed by atoms with Crippen LogP contribution in [0, 0.1) is 11.8 Å². The molecule has 310 valence electrons. The van der Waals surface area contributed by atoms with Gasteiger partial charge in [-0.05, 0) is 110 Å². The summed E-state index contributed by atoms with van der Waals surface area (Å²) in [5, 5.41) is 7.96. The number of hydrogen-bond acceptors (Lipinski definition) is 0. The van der Waals surface area contributed by atoms with E-state index in [2.05, 4.69) is 206 Å². The summed E-state index contributed by atoms with van der Waals surface area (Å²) in [6.07, 6.45) is 28.1. The number of allylic oxidation sites excluding steroid dienone is 6. The lowest BCUT2D eigenvalue weighted by molar-refractivity contribution is 0.332. The summed E-state index contributed by atoms with van der Waals surface area (Å²) in [6, 6.07) is 52.8. The van der Waals surface area contributed by atoms with Gasteiger partial charge in [-0.2, -0.15) is 0 Å². The fraction of sp³-hybridized carbons (Fsp3) is 0.200. The Morgan fingerprint density at radius 2 is 0.906 bits per heavy atom. The first-order valence-electron chi connectivity index (χ1n) is 23.7. The molecular weight excluding hydrogens is 777 g/mol. The molecule has 0 aliphatic heterocycles. The highest BCUT2D eigenvalue weighted by Gasteiger charge is 2.33. The standard InChI is InChI=1S/C60H50N4/c1-9-21-55-45(13-1)46-14-2-10-22-56(46)63(55)43-33-35-51-49-17-5-7-19-53(49)61(59(51)37-43)41-29-25-39(26-30-41)40-27-31-42(32-28-40)62-54-20-8-6-18-50(54)52-36-34-44(38-60(52)62)64-57-23-11-3-15-47(57)48-16-4-12-24-58(48)64/h1-5,7-17,19-25,27,29,31,33-37,39-42,44H,6,18,26,28,30,32,38H2. The normalized spacial score (nSPS) is 21.8.